The molecule has 0 spiro atoms. The van der Waals surface area contributed by atoms with Gasteiger partial charge in [-0.05, 0) is 13.0 Å². The second-order valence-electron chi connectivity index (χ2n) is 5.91. The van der Waals surface area contributed by atoms with Gasteiger partial charge in [-0.15, -0.1) is 0 Å². The molecule has 0 unspecified atom stereocenters. The Morgan fingerprint density at radius 2 is 2.12 bits per heavy atom. The number of nitriles is 1. The molecule has 134 valence electrons. The molecule has 0 bridgehead atoms. The van der Waals surface area contributed by atoms with Gasteiger partial charge in [-0.25, -0.2) is 0 Å². The van der Waals surface area contributed by atoms with Gasteiger partial charge in [-0.1, -0.05) is 6.07 Å². The van der Waals surface area contributed by atoms with Crippen LogP contribution in [0.5, 0.6) is 0 Å². The molecule has 1 aliphatic rings. The van der Waals surface area contributed by atoms with Gasteiger partial charge in [0.2, 0.25) is 0 Å². The SMILES string of the molecule is Cc1ccc(C(=O)N(CCC#N)CCN2CCOCC2)cc1[N+](=O)[O-]. The lowest BCUT2D eigenvalue weighted by Crippen LogP contribution is -2.43. The summed E-state index contributed by atoms with van der Waals surface area (Å²) in [4.78, 5) is 27.2. The van der Waals surface area contributed by atoms with Crippen molar-refractivity contribution in [2.45, 2.75) is 13.3 Å². The van der Waals surface area contributed by atoms with E-state index in [0.29, 0.717) is 38.4 Å². The van der Waals surface area contributed by atoms with Crippen molar-refractivity contribution in [3.8, 4) is 6.07 Å². The van der Waals surface area contributed by atoms with Gasteiger partial charge in [0.05, 0.1) is 30.6 Å². The van der Waals surface area contributed by atoms with Crippen molar-refractivity contribution in [2.75, 3.05) is 45.9 Å². The Bertz CT molecular complexity index is 665. The molecule has 1 aromatic rings. The van der Waals surface area contributed by atoms with Gasteiger partial charge < -0.3 is 9.64 Å². The molecule has 1 fully saturated rings. The number of hydrogen-bond donors (Lipinski definition) is 0. The molecule has 25 heavy (non-hydrogen) atoms. The Morgan fingerprint density at radius 3 is 2.76 bits per heavy atom. The Kier molecular flexibility index (Phi) is 6.86. The van der Waals surface area contributed by atoms with E-state index in [9.17, 15) is 14.9 Å². The predicted octanol–water partition coefficient (Wildman–Crippen LogP) is 1.59. The number of hydrogen-bond acceptors (Lipinski definition) is 6. The van der Waals surface area contributed by atoms with Gasteiger partial charge in [-0.3, -0.25) is 19.8 Å². The van der Waals surface area contributed by atoms with Crippen LogP contribution in [0, 0.1) is 28.4 Å². The summed E-state index contributed by atoms with van der Waals surface area (Å²) in [6, 6.07) is 6.53. The summed E-state index contributed by atoms with van der Waals surface area (Å²) in [7, 11) is 0. The third kappa shape index (κ3) is 5.24. The molecule has 1 aliphatic heterocycles. The first-order chi connectivity index (χ1) is 12.0. The van der Waals surface area contributed by atoms with Crippen LogP contribution in [0.1, 0.15) is 22.3 Å². The van der Waals surface area contributed by atoms with Crippen LogP contribution in [0.25, 0.3) is 0 Å². The molecular weight excluding hydrogens is 324 g/mol. The number of morpholine rings is 1. The maximum atomic E-state index is 12.8. The van der Waals surface area contributed by atoms with E-state index in [-0.39, 0.29) is 23.6 Å². The molecule has 1 saturated heterocycles. The van der Waals surface area contributed by atoms with Gasteiger partial charge in [0.25, 0.3) is 11.6 Å². The third-order valence-electron chi connectivity index (χ3n) is 4.22. The summed E-state index contributed by atoms with van der Waals surface area (Å²) < 4.78 is 5.31. The van der Waals surface area contributed by atoms with Crippen molar-refractivity contribution in [1.82, 2.24) is 9.80 Å². The fourth-order valence-corrected chi connectivity index (χ4v) is 2.71. The molecule has 0 N–H and O–H groups in total. The number of carbonyl (C=O) groups is 1. The van der Waals surface area contributed by atoms with E-state index in [0.717, 1.165) is 13.1 Å². The Morgan fingerprint density at radius 1 is 1.40 bits per heavy atom. The minimum atomic E-state index is -0.487. The highest BCUT2D eigenvalue weighted by Gasteiger charge is 2.21. The summed E-state index contributed by atoms with van der Waals surface area (Å²) in [5.74, 6) is -0.286. The zero-order chi connectivity index (χ0) is 18.2. The van der Waals surface area contributed by atoms with Crippen LogP contribution in [0.4, 0.5) is 5.69 Å². The van der Waals surface area contributed by atoms with Crippen LogP contribution >= 0.6 is 0 Å². The summed E-state index contributed by atoms with van der Waals surface area (Å²) in [5, 5.41) is 19.9. The Balaban J connectivity index is 2.10. The molecule has 8 heteroatoms. The minimum Gasteiger partial charge on any atom is -0.379 e. The van der Waals surface area contributed by atoms with Crippen molar-refractivity contribution in [2.24, 2.45) is 0 Å². The topological polar surface area (TPSA) is 99.7 Å². The Labute approximate surface area is 146 Å². The molecule has 1 amide bonds. The highest BCUT2D eigenvalue weighted by atomic mass is 16.6. The van der Waals surface area contributed by atoms with Crippen LogP contribution in [-0.4, -0.2) is 66.6 Å². The van der Waals surface area contributed by atoms with Gasteiger partial charge in [0.1, 0.15) is 0 Å². The number of nitro groups is 1. The Hall–Kier alpha value is -2.50. The van der Waals surface area contributed by atoms with E-state index in [1.54, 1.807) is 24.0 Å². The molecule has 1 aromatic carbocycles. The average Bonchev–Trinajstić information content (AvgIpc) is 2.62. The number of amides is 1. The van der Waals surface area contributed by atoms with E-state index in [4.69, 9.17) is 10.00 Å². The number of aryl methyl sites for hydroxylation is 1. The lowest BCUT2D eigenvalue weighted by molar-refractivity contribution is -0.385. The van der Waals surface area contributed by atoms with Crippen molar-refractivity contribution in [3.05, 3.63) is 39.4 Å². The van der Waals surface area contributed by atoms with Crippen LogP contribution in [0.3, 0.4) is 0 Å². The summed E-state index contributed by atoms with van der Waals surface area (Å²) in [6.07, 6.45) is 0.225. The largest absolute Gasteiger partial charge is 0.379 e. The van der Waals surface area contributed by atoms with E-state index >= 15 is 0 Å². The predicted molar refractivity (Wildman–Crippen MR) is 91.2 cm³/mol. The molecule has 0 saturated carbocycles. The number of nitrogens with zero attached hydrogens (tertiary/aromatic N) is 4. The third-order valence-corrected chi connectivity index (χ3v) is 4.22. The molecule has 0 atom stereocenters. The fourth-order valence-electron chi connectivity index (χ4n) is 2.71. The minimum absolute atomic E-state index is 0.0701. The molecular formula is C17H22N4O4. The van der Waals surface area contributed by atoms with E-state index in [1.165, 1.54) is 6.07 Å². The first kappa shape index (κ1) is 18.8. The van der Waals surface area contributed by atoms with Gasteiger partial charge >= 0.3 is 0 Å². The highest BCUT2D eigenvalue weighted by molar-refractivity contribution is 5.95. The van der Waals surface area contributed by atoms with E-state index in [2.05, 4.69) is 4.90 Å². The molecule has 1 heterocycles. The maximum Gasteiger partial charge on any atom is 0.273 e. The summed E-state index contributed by atoms with van der Waals surface area (Å²) in [5.41, 5.74) is 0.718. The number of ether oxygens (including phenoxy) is 1. The van der Waals surface area contributed by atoms with E-state index < -0.39 is 4.92 Å². The van der Waals surface area contributed by atoms with Crippen LogP contribution in [0.2, 0.25) is 0 Å². The smallest absolute Gasteiger partial charge is 0.273 e. The number of carbonyl (C=O) groups excluding carboxylic acids is 1. The van der Waals surface area contributed by atoms with Crippen LogP contribution < -0.4 is 0 Å². The highest BCUT2D eigenvalue weighted by Crippen LogP contribution is 2.20. The maximum absolute atomic E-state index is 12.8. The monoisotopic (exact) mass is 346 g/mol. The molecule has 8 nitrogen and oxygen atoms in total. The lowest BCUT2D eigenvalue weighted by atomic mass is 10.1. The number of nitro benzene ring substituents is 1. The quantitative estimate of drug-likeness (QED) is 0.549. The standard InChI is InChI=1S/C17H22N4O4/c1-14-3-4-15(13-16(14)21(23)24)17(22)20(6-2-5-18)8-7-19-9-11-25-12-10-19/h3-4,13H,2,6-12H2,1H3. The zero-order valence-corrected chi connectivity index (χ0v) is 14.3. The average molecular weight is 346 g/mol. The fraction of sp³-hybridized carbons (Fsp3) is 0.529. The van der Waals surface area contributed by atoms with Gasteiger partial charge in [0, 0.05) is 49.9 Å². The van der Waals surface area contributed by atoms with Crippen LogP contribution in [0.15, 0.2) is 18.2 Å². The number of benzene rings is 1. The zero-order valence-electron chi connectivity index (χ0n) is 14.3. The molecule has 0 aromatic heterocycles. The number of rotatable bonds is 7. The second kappa shape index (κ2) is 9.11. The lowest BCUT2D eigenvalue weighted by Gasteiger charge is -2.30. The molecule has 2 rings (SSSR count). The van der Waals surface area contributed by atoms with Crippen molar-refractivity contribution < 1.29 is 14.5 Å². The molecule has 0 radical (unpaired) electrons. The van der Waals surface area contributed by atoms with Crippen molar-refractivity contribution in [1.29, 1.82) is 5.26 Å². The second-order valence-corrected chi connectivity index (χ2v) is 5.91. The summed E-state index contributed by atoms with van der Waals surface area (Å²) in [6.45, 7) is 6.09. The van der Waals surface area contributed by atoms with Crippen molar-refractivity contribution >= 4 is 11.6 Å². The molecule has 0 aliphatic carbocycles. The van der Waals surface area contributed by atoms with Gasteiger partial charge in [-0.2, -0.15) is 5.26 Å². The summed E-state index contributed by atoms with van der Waals surface area (Å²) >= 11 is 0. The van der Waals surface area contributed by atoms with E-state index in [1.807, 2.05) is 6.07 Å². The van der Waals surface area contributed by atoms with Crippen molar-refractivity contribution in [3.63, 3.8) is 0 Å². The first-order valence-corrected chi connectivity index (χ1v) is 8.24. The van der Waals surface area contributed by atoms with Gasteiger partial charge in [0.15, 0.2) is 0 Å². The normalized spacial score (nSPS) is 14.7. The first-order valence-electron chi connectivity index (χ1n) is 8.24. The van der Waals surface area contributed by atoms with Crippen LogP contribution in [-0.2, 0) is 4.74 Å².